The monoisotopic (exact) mass is 476 g/mol. The molecule has 0 unspecified atom stereocenters. The summed E-state index contributed by atoms with van der Waals surface area (Å²) in [5, 5.41) is 6.35. The number of alkyl halides is 2. The van der Waals surface area contributed by atoms with Gasteiger partial charge in [0.1, 0.15) is 0 Å². The molecule has 0 aliphatic carbocycles. The number of nitrogens with zero attached hydrogens (tertiary/aromatic N) is 2. The van der Waals surface area contributed by atoms with E-state index in [1.54, 1.807) is 0 Å². The highest BCUT2D eigenvalue weighted by Crippen LogP contribution is 2.37. The standard InChI is InChI=1S/C16H19Br3N2/c1-3-21-13(8-12(2)20-21)9-16(10-17,11-18)14-6-4-5-7-15(14)19/h4-8H,3,9-11H2,1-2H3. The number of aryl methyl sites for hydroxylation is 2. The Labute approximate surface area is 151 Å². The van der Waals surface area contributed by atoms with Crippen LogP contribution in [0, 0.1) is 6.92 Å². The average Bonchev–Trinajstić information content (AvgIpc) is 2.85. The molecule has 0 aliphatic heterocycles. The van der Waals surface area contributed by atoms with Crippen molar-refractivity contribution in [1.29, 1.82) is 0 Å². The van der Waals surface area contributed by atoms with E-state index >= 15 is 0 Å². The van der Waals surface area contributed by atoms with E-state index in [4.69, 9.17) is 0 Å². The molecule has 0 amide bonds. The highest BCUT2D eigenvalue weighted by atomic mass is 79.9. The largest absolute Gasteiger partial charge is 0.270 e. The van der Waals surface area contributed by atoms with Crippen LogP contribution >= 0.6 is 47.8 Å². The van der Waals surface area contributed by atoms with E-state index in [-0.39, 0.29) is 5.41 Å². The highest BCUT2D eigenvalue weighted by molar-refractivity contribution is 9.10. The molecule has 0 bridgehead atoms. The van der Waals surface area contributed by atoms with Crippen molar-refractivity contribution in [3.05, 3.63) is 51.8 Å². The van der Waals surface area contributed by atoms with Gasteiger partial charge in [0.2, 0.25) is 0 Å². The molecule has 2 rings (SSSR count). The minimum absolute atomic E-state index is 0.000509. The lowest BCUT2D eigenvalue weighted by Gasteiger charge is -2.32. The predicted octanol–water partition coefficient (Wildman–Crippen LogP) is 5.24. The fourth-order valence-corrected chi connectivity index (χ4v) is 5.26. The number of aromatic nitrogens is 2. The Bertz CT molecular complexity index is 603. The quantitative estimate of drug-likeness (QED) is 0.519. The van der Waals surface area contributed by atoms with Crippen LogP contribution in [0.15, 0.2) is 34.8 Å². The van der Waals surface area contributed by atoms with Crippen LogP contribution in [0.25, 0.3) is 0 Å². The predicted molar refractivity (Wildman–Crippen MR) is 99.8 cm³/mol. The van der Waals surface area contributed by atoms with E-state index < -0.39 is 0 Å². The van der Waals surface area contributed by atoms with Gasteiger partial charge in [-0.3, -0.25) is 4.68 Å². The van der Waals surface area contributed by atoms with Crippen molar-refractivity contribution < 1.29 is 0 Å². The molecule has 1 aromatic heterocycles. The normalized spacial score (nSPS) is 11.9. The third-order valence-corrected chi connectivity index (χ3v) is 6.60. The molecular formula is C16H19Br3N2. The zero-order chi connectivity index (χ0) is 15.5. The maximum atomic E-state index is 4.57. The number of rotatable bonds is 6. The highest BCUT2D eigenvalue weighted by Gasteiger charge is 2.33. The fourth-order valence-electron chi connectivity index (χ4n) is 2.62. The maximum absolute atomic E-state index is 4.57. The molecule has 21 heavy (non-hydrogen) atoms. The lowest BCUT2D eigenvalue weighted by Crippen LogP contribution is -2.34. The Morgan fingerprint density at radius 2 is 1.86 bits per heavy atom. The number of benzene rings is 1. The van der Waals surface area contributed by atoms with E-state index in [9.17, 15) is 0 Å². The summed E-state index contributed by atoms with van der Waals surface area (Å²) in [6.07, 6.45) is 0.945. The van der Waals surface area contributed by atoms with Gasteiger partial charge in [0, 0.05) is 39.2 Å². The van der Waals surface area contributed by atoms with E-state index in [2.05, 4.69) is 102 Å². The van der Waals surface area contributed by atoms with E-state index in [1.165, 1.54) is 11.3 Å². The summed E-state index contributed by atoms with van der Waals surface area (Å²) in [4.78, 5) is 0. The first kappa shape index (κ1) is 17.2. The first-order valence-corrected chi connectivity index (χ1v) is 10.00. The molecule has 0 saturated heterocycles. The third kappa shape index (κ3) is 3.62. The number of halogens is 3. The summed E-state index contributed by atoms with van der Waals surface area (Å²) in [6, 6.07) is 10.7. The Balaban J connectivity index is 2.45. The average molecular weight is 479 g/mol. The van der Waals surface area contributed by atoms with Crippen LogP contribution in [-0.4, -0.2) is 20.4 Å². The van der Waals surface area contributed by atoms with Gasteiger partial charge in [-0.1, -0.05) is 66.0 Å². The zero-order valence-electron chi connectivity index (χ0n) is 12.2. The molecule has 0 aliphatic rings. The van der Waals surface area contributed by atoms with E-state index in [0.717, 1.165) is 33.8 Å². The molecule has 2 nitrogen and oxygen atoms in total. The van der Waals surface area contributed by atoms with E-state index in [1.807, 2.05) is 0 Å². The second kappa shape index (κ2) is 7.42. The summed E-state index contributed by atoms with van der Waals surface area (Å²) in [7, 11) is 0. The van der Waals surface area contributed by atoms with Crippen LogP contribution in [0.5, 0.6) is 0 Å². The topological polar surface area (TPSA) is 17.8 Å². The van der Waals surface area contributed by atoms with Crippen molar-refractivity contribution >= 4 is 47.8 Å². The summed E-state index contributed by atoms with van der Waals surface area (Å²) in [5.41, 5.74) is 3.68. The first-order valence-electron chi connectivity index (χ1n) is 6.96. The number of hydrogen-bond donors (Lipinski definition) is 0. The van der Waals surface area contributed by atoms with Gasteiger partial charge in [-0.05, 0) is 31.5 Å². The van der Waals surface area contributed by atoms with Gasteiger partial charge in [-0.25, -0.2) is 0 Å². The second-order valence-electron chi connectivity index (χ2n) is 5.30. The van der Waals surface area contributed by atoms with Gasteiger partial charge >= 0.3 is 0 Å². The summed E-state index contributed by atoms with van der Waals surface area (Å²) in [6.45, 7) is 5.09. The molecule has 0 spiro atoms. The minimum Gasteiger partial charge on any atom is -0.270 e. The van der Waals surface area contributed by atoms with Crippen LogP contribution < -0.4 is 0 Å². The van der Waals surface area contributed by atoms with Crippen LogP contribution in [-0.2, 0) is 18.4 Å². The molecule has 0 atom stereocenters. The van der Waals surface area contributed by atoms with Crippen LogP contribution in [0.1, 0.15) is 23.9 Å². The molecule has 2 aromatic rings. The van der Waals surface area contributed by atoms with Gasteiger partial charge in [-0.2, -0.15) is 5.10 Å². The SMILES string of the molecule is CCn1nc(C)cc1CC(CBr)(CBr)c1ccccc1Br. The molecule has 0 N–H and O–H groups in total. The Morgan fingerprint density at radius 3 is 2.43 bits per heavy atom. The molecule has 114 valence electrons. The fraction of sp³-hybridized carbons (Fsp3) is 0.438. The minimum atomic E-state index is -0.000509. The summed E-state index contributed by atoms with van der Waals surface area (Å²) < 4.78 is 3.26. The molecule has 0 fully saturated rings. The van der Waals surface area contributed by atoms with Crippen molar-refractivity contribution in [3.8, 4) is 0 Å². The van der Waals surface area contributed by atoms with Crippen molar-refractivity contribution in [2.45, 2.75) is 32.2 Å². The van der Waals surface area contributed by atoms with Crippen LogP contribution in [0.3, 0.4) is 0 Å². The molecule has 1 aromatic carbocycles. The molecular weight excluding hydrogens is 460 g/mol. The third-order valence-electron chi connectivity index (χ3n) is 3.76. The smallest absolute Gasteiger partial charge is 0.0596 e. The maximum Gasteiger partial charge on any atom is 0.0596 e. The second-order valence-corrected chi connectivity index (χ2v) is 7.27. The van der Waals surface area contributed by atoms with Crippen molar-refractivity contribution in [1.82, 2.24) is 9.78 Å². The van der Waals surface area contributed by atoms with Gasteiger partial charge in [0.05, 0.1) is 5.69 Å². The van der Waals surface area contributed by atoms with Crippen molar-refractivity contribution in [2.75, 3.05) is 10.7 Å². The van der Waals surface area contributed by atoms with Crippen LogP contribution in [0.4, 0.5) is 0 Å². The Kier molecular flexibility index (Phi) is 6.09. The van der Waals surface area contributed by atoms with Gasteiger partial charge in [-0.15, -0.1) is 0 Å². The van der Waals surface area contributed by atoms with E-state index in [0.29, 0.717) is 0 Å². The molecule has 5 heteroatoms. The van der Waals surface area contributed by atoms with Gasteiger partial charge in [0.25, 0.3) is 0 Å². The van der Waals surface area contributed by atoms with Crippen LogP contribution in [0.2, 0.25) is 0 Å². The Hall–Kier alpha value is -0.130. The molecule has 1 heterocycles. The molecule has 0 radical (unpaired) electrons. The summed E-state index contributed by atoms with van der Waals surface area (Å²) in [5.74, 6) is 0. The Morgan fingerprint density at radius 1 is 1.19 bits per heavy atom. The van der Waals surface area contributed by atoms with Crippen molar-refractivity contribution in [2.24, 2.45) is 0 Å². The van der Waals surface area contributed by atoms with Gasteiger partial charge in [0.15, 0.2) is 0 Å². The lowest BCUT2D eigenvalue weighted by molar-refractivity contribution is 0.506. The van der Waals surface area contributed by atoms with Crippen molar-refractivity contribution in [3.63, 3.8) is 0 Å². The lowest BCUT2D eigenvalue weighted by atomic mass is 9.80. The first-order chi connectivity index (χ1) is 10.1. The zero-order valence-corrected chi connectivity index (χ0v) is 17.0. The molecule has 0 saturated carbocycles. The summed E-state index contributed by atoms with van der Waals surface area (Å²) >= 11 is 11.2. The number of hydrogen-bond acceptors (Lipinski definition) is 1. The van der Waals surface area contributed by atoms with Gasteiger partial charge < -0.3 is 0 Å².